The number of piperidine rings is 1. The molecule has 0 bridgehead atoms. The maximum Gasteiger partial charge on any atom is 0.0416 e. The summed E-state index contributed by atoms with van der Waals surface area (Å²) in [6, 6.07) is 15.2. The van der Waals surface area contributed by atoms with Crippen LogP contribution in [0.3, 0.4) is 0 Å². The molecule has 2 aromatic carbocycles. The summed E-state index contributed by atoms with van der Waals surface area (Å²) in [5.74, 6) is 0.753. The van der Waals surface area contributed by atoms with Gasteiger partial charge in [0.25, 0.3) is 0 Å². The Balaban J connectivity index is 1.59. The van der Waals surface area contributed by atoms with Gasteiger partial charge < -0.3 is 10.6 Å². The quantitative estimate of drug-likeness (QED) is 0.881. The third kappa shape index (κ3) is 2.67. The van der Waals surface area contributed by atoms with E-state index in [1.54, 1.807) is 5.57 Å². The lowest BCUT2D eigenvalue weighted by Crippen LogP contribution is -2.32. The molecular formula is C20H22N2. The molecule has 0 aliphatic carbocycles. The molecule has 2 N–H and O–H groups in total. The van der Waals surface area contributed by atoms with Crippen molar-refractivity contribution < 1.29 is 0 Å². The minimum absolute atomic E-state index is 0.753. The zero-order valence-electron chi connectivity index (χ0n) is 12.8. The van der Waals surface area contributed by atoms with Crippen molar-refractivity contribution in [2.75, 3.05) is 19.6 Å². The average molecular weight is 290 g/mol. The van der Waals surface area contributed by atoms with Crippen LogP contribution in [0.1, 0.15) is 18.4 Å². The number of fused-ring (bicyclic) bond motifs is 1. The highest BCUT2D eigenvalue weighted by Gasteiger charge is 2.19. The predicted molar refractivity (Wildman–Crippen MR) is 93.6 cm³/mol. The summed E-state index contributed by atoms with van der Waals surface area (Å²) < 4.78 is 0. The van der Waals surface area contributed by atoms with Gasteiger partial charge >= 0.3 is 0 Å². The molecule has 4 rings (SSSR count). The van der Waals surface area contributed by atoms with Gasteiger partial charge in [-0.1, -0.05) is 42.5 Å². The first-order chi connectivity index (χ1) is 10.9. The Bertz CT molecular complexity index is 736. The van der Waals surface area contributed by atoms with Gasteiger partial charge in [-0.05, 0) is 65.9 Å². The van der Waals surface area contributed by atoms with E-state index >= 15 is 0 Å². The minimum atomic E-state index is 0.753. The highest BCUT2D eigenvalue weighted by atomic mass is 14.9. The van der Waals surface area contributed by atoms with Crippen molar-refractivity contribution >= 4 is 16.5 Å². The van der Waals surface area contributed by atoms with Crippen LogP contribution < -0.4 is 10.6 Å². The monoisotopic (exact) mass is 290 g/mol. The summed E-state index contributed by atoms with van der Waals surface area (Å²) in [6.45, 7) is 3.30. The molecule has 1 saturated heterocycles. The van der Waals surface area contributed by atoms with E-state index in [1.807, 2.05) is 0 Å². The SMILES string of the molecule is C1=C(c2ccc3ccccc3c2)NCC(C2CCNCC2)=C1. The van der Waals surface area contributed by atoms with Gasteiger partial charge in [0, 0.05) is 12.2 Å². The number of benzene rings is 2. The van der Waals surface area contributed by atoms with Crippen LogP contribution in [0.25, 0.3) is 16.5 Å². The molecule has 2 heterocycles. The molecule has 1 fully saturated rings. The second-order valence-corrected chi connectivity index (χ2v) is 6.26. The number of allylic oxidation sites excluding steroid dienone is 2. The molecule has 0 saturated carbocycles. The topological polar surface area (TPSA) is 24.1 Å². The van der Waals surface area contributed by atoms with Crippen LogP contribution in [-0.4, -0.2) is 19.6 Å². The van der Waals surface area contributed by atoms with Gasteiger partial charge in [-0.2, -0.15) is 0 Å². The third-order valence-electron chi connectivity index (χ3n) is 4.87. The molecule has 22 heavy (non-hydrogen) atoms. The Kier molecular flexibility index (Phi) is 3.69. The fourth-order valence-electron chi connectivity index (χ4n) is 3.53. The Labute approximate surface area is 131 Å². The molecule has 0 unspecified atom stereocenters. The second kappa shape index (κ2) is 5.98. The second-order valence-electron chi connectivity index (χ2n) is 6.26. The first-order valence-corrected chi connectivity index (χ1v) is 8.25. The molecule has 0 amide bonds. The Hall–Kier alpha value is -2.06. The molecule has 0 radical (unpaired) electrons. The zero-order chi connectivity index (χ0) is 14.8. The lowest BCUT2D eigenvalue weighted by molar-refractivity contribution is 0.413. The molecule has 2 heteroatoms. The summed E-state index contributed by atoms with van der Waals surface area (Å²) in [5.41, 5.74) is 4.08. The van der Waals surface area contributed by atoms with Gasteiger partial charge in [0.05, 0.1) is 0 Å². The minimum Gasteiger partial charge on any atom is -0.381 e. The van der Waals surface area contributed by atoms with Crippen LogP contribution in [0.4, 0.5) is 0 Å². The van der Waals surface area contributed by atoms with Crippen molar-refractivity contribution in [2.45, 2.75) is 12.8 Å². The normalized spacial score (nSPS) is 19.5. The van der Waals surface area contributed by atoms with Crippen LogP contribution in [0.2, 0.25) is 0 Å². The number of hydrogen-bond acceptors (Lipinski definition) is 2. The van der Waals surface area contributed by atoms with Crippen molar-refractivity contribution in [3.8, 4) is 0 Å². The Morgan fingerprint density at radius 1 is 0.864 bits per heavy atom. The Morgan fingerprint density at radius 3 is 2.45 bits per heavy atom. The fraction of sp³-hybridized carbons (Fsp3) is 0.300. The molecule has 0 atom stereocenters. The van der Waals surface area contributed by atoms with Crippen LogP contribution in [-0.2, 0) is 0 Å². The van der Waals surface area contributed by atoms with E-state index < -0.39 is 0 Å². The van der Waals surface area contributed by atoms with Crippen molar-refractivity contribution in [3.63, 3.8) is 0 Å². The largest absolute Gasteiger partial charge is 0.381 e. The lowest BCUT2D eigenvalue weighted by atomic mass is 9.88. The first-order valence-electron chi connectivity index (χ1n) is 8.25. The number of rotatable bonds is 2. The van der Waals surface area contributed by atoms with E-state index in [2.05, 4.69) is 65.3 Å². The average Bonchev–Trinajstić information content (AvgIpc) is 2.62. The van der Waals surface area contributed by atoms with Gasteiger partial charge in [-0.15, -0.1) is 0 Å². The van der Waals surface area contributed by atoms with E-state index in [-0.39, 0.29) is 0 Å². The van der Waals surface area contributed by atoms with Crippen molar-refractivity contribution in [2.24, 2.45) is 5.92 Å². The van der Waals surface area contributed by atoms with Gasteiger partial charge in [-0.25, -0.2) is 0 Å². The lowest BCUT2D eigenvalue weighted by Gasteiger charge is -2.28. The van der Waals surface area contributed by atoms with Gasteiger partial charge in [0.2, 0.25) is 0 Å². The third-order valence-corrected chi connectivity index (χ3v) is 4.87. The van der Waals surface area contributed by atoms with Gasteiger partial charge in [0.1, 0.15) is 0 Å². The smallest absolute Gasteiger partial charge is 0.0416 e. The van der Waals surface area contributed by atoms with Crippen molar-refractivity contribution in [3.05, 3.63) is 65.8 Å². The highest BCUT2D eigenvalue weighted by Crippen LogP contribution is 2.26. The summed E-state index contributed by atoms with van der Waals surface area (Å²) in [5, 5.41) is 9.66. The Morgan fingerprint density at radius 2 is 1.68 bits per heavy atom. The van der Waals surface area contributed by atoms with Crippen molar-refractivity contribution in [1.29, 1.82) is 0 Å². The molecular weight excluding hydrogens is 268 g/mol. The number of hydrogen-bond donors (Lipinski definition) is 2. The van der Waals surface area contributed by atoms with Crippen LogP contribution >= 0.6 is 0 Å². The van der Waals surface area contributed by atoms with Crippen LogP contribution in [0.15, 0.2) is 60.2 Å². The predicted octanol–water partition coefficient (Wildman–Crippen LogP) is 3.71. The molecule has 0 spiro atoms. The molecule has 112 valence electrons. The maximum atomic E-state index is 3.62. The number of nitrogens with one attached hydrogen (secondary N) is 2. The number of dihydropyridines is 1. The molecule has 2 aromatic rings. The molecule has 2 aliphatic rings. The zero-order valence-corrected chi connectivity index (χ0v) is 12.8. The summed E-state index contributed by atoms with van der Waals surface area (Å²) >= 11 is 0. The van der Waals surface area contributed by atoms with Gasteiger partial charge in [-0.3, -0.25) is 0 Å². The van der Waals surface area contributed by atoms with E-state index in [4.69, 9.17) is 0 Å². The standard InChI is InChI=1S/C20H22N2/c1-2-4-17-13-18(6-5-15(17)3-1)20-8-7-19(14-22-20)16-9-11-21-12-10-16/h1-8,13,16,21-22H,9-12,14H2. The van der Waals surface area contributed by atoms with E-state index in [1.165, 1.54) is 34.9 Å². The van der Waals surface area contributed by atoms with E-state index in [0.717, 1.165) is 25.6 Å². The van der Waals surface area contributed by atoms with E-state index in [9.17, 15) is 0 Å². The van der Waals surface area contributed by atoms with Crippen LogP contribution in [0, 0.1) is 5.92 Å². The summed E-state index contributed by atoms with van der Waals surface area (Å²) in [4.78, 5) is 0. The van der Waals surface area contributed by atoms with E-state index in [0.29, 0.717) is 0 Å². The van der Waals surface area contributed by atoms with Gasteiger partial charge in [0.15, 0.2) is 0 Å². The van der Waals surface area contributed by atoms with Crippen LogP contribution in [0.5, 0.6) is 0 Å². The molecule has 2 nitrogen and oxygen atoms in total. The van der Waals surface area contributed by atoms with Crippen molar-refractivity contribution in [1.82, 2.24) is 10.6 Å². The summed E-state index contributed by atoms with van der Waals surface area (Å²) in [6.07, 6.45) is 7.14. The fourth-order valence-corrected chi connectivity index (χ4v) is 3.53. The highest BCUT2D eigenvalue weighted by molar-refractivity contribution is 5.86. The summed E-state index contributed by atoms with van der Waals surface area (Å²) in [7, 11) is 0. The molecule has 2 aliphatic heterocycles. The maximum absolute atomic E-state index is 3.62. The molecule has 0 aromatic heterocycles. The first kappa shape index (κ1) is 13.6.